The largest absolute Gasteiger partial charge is 0.420 e. The van der Waals surface area contributed by atoms with Crippen LogP contribution in [0.5, 0.6) is 0 Å². The third kappa shape index (κ3) is 2.68. The predicted molar refractivity (Wildman–Crippen MR) is 68.9 cm³/mol. The molecule has 0 saturated carbocycles. The monoisotopic (exact) mass is 254 g/mol. The second kappa shape index (κ2) is 5.02. The average molecular weight is 254 g/mol. The Kier molecular flexibility index (Phi) is 3.06. The zero-order valence-electron chi connectivity index (χ0n) is 10.1. The molecule has 19 heavy (non-hydrogen) atoms. The number of hydrogen-bond donors (Lipinski definition) is 0. The van der Waals surface area contributed by atoms with E-state index in [0.29, 0.717) is 18.2 Å². The van der Waals surface area contributed by atoms with E-state index >= 15 is 0 Å². The third-order valence-corrected chi connectivity index (χ3v) is 2.73. The van der Waals surface area contributed by atoms with Gasteiger partial charge in [-0.25, -0.2) is 4.39 Å². The van der Waals surface area contributed by atoms with Crippen molar-refractivity contribution in [2.75, 3.05) is 0 Å². The molecule has 0 saturated heterocycles. The molecule has 94 valence electrons. The summed E-state index contributed by atoms with van der Waals surface area (Å²) in [6.45, 7) is 0. The Labute approximate surface area is 109 Å². The number of benzene rings is 2. The molecule has 4 heteroatoms. The summed E-state index contributed by atoms with van der Waals surface area (Å²) < 4.78 is 18.6. The van der Waals surface area contributed by atoms with Crippen LogP contribution < -0.4 is 0 Å². The van der Waals surface area contributed by atoms with E-state index in [9.17, 15) is 4.39 Å². The van der Waals surface area contributed by atoms with E-state index < -0.39 is 0 Å². The fraction of sp³-hybridized carbons (Fsp3) is 0.0667. The van der Waals surface area contributed by atoms with Crippen molar-refractivity contribution in [3.05, 3.63) is 71.9 Å². The van der Waals surface area contributed by atoms with Crippen molar-refractivity contribution < 1.29 is 8.81 Å². The maximum Gasteiger partial charge on any atom is 0.247 e. The van der Waals surface area contributed by atoms with Crippen LogP contribution in [0, 0.1) is 5.82 Å². The summed E-state index contributed by atoms with van der Waals surface area (Å²) in [5, 5.41) is 7.97. The Bertz CT molecular complexity index is 679. The Morgan fingerprint density at radius 3 is 2.58 bits per heavy atom. The Balaban J connectivity index is 1.82. The Hall–Kier alpha value is -2.49. The first kappa shape index (κ1) is 11.6. The van der Waals surface area contributed by atoms with Crippen LogP contribution in [0.15, 0.2) is 59.0 Å². The normalized spacial score (nSPS) is 10.6. The predicted octanol–water partition coefficient (Wildman–Crippen LogP) is 3.47. The molecule has 0 amide bonds. The minimum Gasteiger partial charge on any atom is -0.420 e. The van der Waals surface area contributed by atoms with Crippen molar-refractivity contribution >= 4 is 0 Å². The molecule has 0 fully saturated rings. The second-order valence-corrected chi connectivity index (χ2v) is 4.17. The van der Waals surface area contributed by atoms with Crippen LogP contribution in [0.25, 0.3) is 11.5 Å². The summed E-state index contributed by atoms with van der Waals surface area (Å²) in [7, 11) is 0. The molecule has 0 bridgehead atoms. The van der Waals surface area contributed by atoms with E-state index in [4.69, 9.17) is 4.42 Å². The molecule has 1 heterocycles. The lowest BCUT2D eigenvalue weighted by Gasteiger charge is -1.96. The first-order valence-electron chi connectivity index (χ1n) is 5.93. The molecule has 0 radical (unpaired) electrons. The molecule has 3 aromatic rings. The standard InChI is InChI=1S/C15H11FN2O/c16-13-8-4-5-11(9-13)10-14-17-18-15(19-14)12-6-2-1-3-7-12/h1-9H,10H2. The van der Waals surface area contributed by atoms with Crippen LogP contribution in [0.4, 0.5) is 4.39 Å². The van der Waals surface area contributed by atoms with Gasteiger partial charge in [0.1, 0.15) is 5.82 Å². The molecule has 0 aliphatic rings. The van der Waals surface area contributed by atoms with Crippen LogP contribution in [0.1, 0.15) is 11.5 Å². The van der Waals surface area contributed by atoms with Gasteiger partial charge in [-0.1, -0.05) is 30.3 Å². The summed E-state index contributed by atoms with van der Waals surface area (Å²) in [4.78, 5) is 0. The molecule has 0 aliphatic heterocycles. The summed E-state index contributed by atoms with van der Waals surface area (Å²) in [6.07, 6.45) is 0.428. The van der Waals surface area contributed by atoms with Crippen molar-refractivity contribution in [2.24, 2.45) is 0 Å². The molecular weight excluding hydrogens is 243 g/mol. The van der Waals surface area contributed by atoms with E-state index in [0.717, 1.165) is 11.1 Å². The van der Waals surface area contributed by atoms with Gasteiger partial charge in [0, 0.05) is 5.56 Å². The van der Waals surface area contributed by atoms with Gasteiger partial charge in [-0.3, -0.25) is 0 Å². The highest BCUT2D eigenvalue weighted by molar-refractivity contribution is 5.51. The van der Waals surface area contributed by atoms with Crippen LogP contribution in [-0.4, -0.2) is 10.2 Å². The Morgan fingerprint density at radius 1 is 0.947 bits per heavy atom. The lowest BCUT2D eigenvalue weighted by Crippen LogP contribution is -1.89. The number of aromatic nitrogens is 2. The van der Waals surface area contributed by atoms with Crippen molar-refractivity contribution in [2.45, 2.75) is 6.42 Å². The third-order valence-electron chi connectivity index (χ3n) is 2.73. The number of hydrogen-bond acceptors (Lipinski definition) is 3. The van der Waals surface area contributed by atoms with Crippen LogP contribution in [0.3, 0.4) is 0 Å². The van der Waals surface area contributed by atoms with Gasteiger partial charge in [0.05, 0.1) is 6.42 Å². The molecule has 0 N–H and O–H groups in total. The van der Waals surface area contributed by atoms with Crippen LogP contribution in [-0.2, 0) is 6.42 Å². The van der Waals surface area contributed by atoms with Gasteiger partial charge in [0.15, 0.2) is 0 Å². The zero-order valence-corrected chi connectivity index (χ0v) is 10.1. The van der Waals surface area contributed by atoms with E-state index in [1.165, 1.54) is 12.1 Å². The lowest BCUT2D eigenvalue weighted by atomic mass is 10.1. The van der Waals surface area contributed by atoms with Gasteiger partial charge in [-0.05, 0) is 29.8 Å². The van der Waals surface area contributed by atoms with E-state index in [2.05, 4.69) is 10.2 Å². The molecule has 0 atom stereocenters. The Morgan fingerprint density at radius 2 is 1.79 bits per heavy atom. The number of halogens is 1. The minimum atomic E-state index is -0.264. The van der Waals surface area contributed by atoms with Gasteiger partial charge in [0.2, 0.25) is 11.8 Å². The maximum atomic E-state index is 13.1. The first-order valence-corrected chi connectivity index (χ1v) is 5.93. The molecule has 0 spiro atoms. The summed E-state index contributed by atoms with van der Waals surface area (Å²) in [5.74, 6) is 0.691. The van der Waals surface area contributed by atoms with Crippen molar-refractivity contribution in [1.82, 2.24) is 10.2 Å². The molecular formula is C15H11FN2O. The van der Waals surface area contributed by atoms with Crippen LogP contribution in [0.2, 0.25) is 0 Å². The quantitative estimate of drug-likeness (QED) is 0.718. The van der Waals surface area contributed by atoms with Gasteiger partial charge in [0.25, 0.3) is 0 Å². The molecule has 1 aromatic heterocycles. The molecule has 0 unspecified atom stereocenters. The zero-order chi connectivity index (χ0) is 13.1. The molecule has 0 aliphatic carbocycles. The fourth-order valence-electron chi connectivity index (χ4n) is 1.84. The molecule has 3 nitrogen and oxygen atoms in total. The van der Waals surface area contributed by atoms with Crippen molar-refractivity contribution in [1.29, 1.82) is 0 Å². The lowest BCUT2D eigenvalue weighted by molar-refractivity contribution is 0.517. The van der Waals surface area contributed by atoms with E-state index in [-0.39, 0.29) is 5.82 Å². The highest BCUT2D eigenvalue weighted by atomic mass is 19.1. The summed E-state index contributed by atoms with van der Waals surface area (Å²) in [6, 6.07) is 15.9. The SMILES string of the molecule is Fc1cccc(Cc2nnc(-c3ccccc3)o2)c1. The highest BCUT2D eigenvalue weighted by Gasteiger charge is 2.08. The van der Waals surface area contributed by atoms with Crippen LogP contribution >= 0.6 is 0 Å². The van der Waals surface area contributed by atoms with Gasteiger partial charge >= 0.3 is 0 Å². The second-order valence-electron chi connectivity index (χ2n) is 4.17. The molecule has 2 aromatic carbocycles. The number of rotatable bonds is 3. The van der Waals surface area contributed by atoms with E-state index in [1.54, 1.807) is 6.07 Å². The summed E-state index contributed by atoms with van der Waals surface area (Å²) >= 11 is 0. The molecule has 3 rings (SSSR count). The van der Waals surface area contributed by atoms with Gasteiger partial charge in [-0.2, -0.15) is 0 Å². The maximum absolute atomic E-state index is 13.1. The number of nitrogens with zero attached hydrogens (tertiary/aromatic N) is 2. The first-order chi connectivity index (χ1) is 9.31. The van der Waals surface area contributed by atoms with E-state index in [1.807, 2.05) is 36.4 Å². The summed E-state index contributed by atoms with van der Waals surface area (Å²) in [5.41, 5.74) is 1.68. The van der Waals surface area contributed by atoms with Crippen molar-refractivity contribution in [3.63, 3.8) is 0 Å². The average Bonchev–Trinajstić information content (AvgIpc) is 2.88. The van der Waals surface area contributed by atoms with Gasteiger partial charge < -0.3 is 4.42 Å². The highest BCUT2D eigenvalue weighted by Crippen LogP contribution is 2.18. The smallest absolute Gasteiger partial charge is 0.247 e. The fourth-order valence-corrected chi connectivity index (χ4v) is 1.84. The van der Waals surface area contributed by atoms with Gasteiger partial charge in [-0.15, -0.1) is 10.2 Å². The van der Waals surface area contributed by atoms with Crippen molar-refractivity contribution in [3.8, 4) is 11.5 Å². The minimum absolute atomic E-state index is 0.264. The topological polar surface area (TPSA) is 38.9 Å².